The van der Waals surface area contributed by atoms with Crippen molar-refractivity contribution in [2.75, 3.05) is 19.7 Å². The first-order valence-electron chi connectivity index (χ1n) is 6.95. The summed E-state index contributed by atoms with van der Waals surface area (Å²) in [6, 6.07) is 5.50. The van der Waals surface area contributed by atoms with E-state index in [1.807, 2.05) is 25.3 Å². The summed E-state index contributed by atoms with van der Waals surface area (Å²) in [5, 5.41) is 0. The van der Waals surface area contributed by atoms with Gasteiger partial charge in [-0.25, -0.2) is 4.98 Å². The van der Waals surface area contributed by atoms with Crippen LogP contribution in [0.15, 0.2) is 29.2 Å². The van der Waals surface area contributed by atoms with Gasteiger partial charge in [-0.3, -0.25) is 14.1 Å². The molecule has 3 heterocycles. The number of aromatic nitrogens is 2. The van der Waals surface area contributed by atoms with E-state index in [-0.39, 0.29) is 11.7 Å². The summed E-state index contributed by atoms with van der Waals surface area (Å²) in [6.45, 7) is 7.25. The van der Waals surface area contributed by atoms with Gasteiger partial charge in [0.15, 0.2) is 0 Å². The fourth-order valence-corrected chi connectivity index (χ4v) is 2.60. The Kier molecular flexibility index (Phi) is 3.54. The highest BCUT2D eigenvalue weighted by Gasteiger charge is 2.17. The van der Waals surface area contributed by atoms with Gasteiger partial charge in [0.2, 0.25) is 0 Å². The molecule has 2 aromatic heterocycles. The number of aryl methyl sites for hydroxylation is 1. The van der Waals surface area contributed by atoms with Crippen LogP contribution in [0.2, 0.25) is 0 Å². The largest absolute Gasteiger partial charge is 0.376 e. The van der Waals surface area contributed by atoms with Gasteiger partial charge in [0.1, 0.15) is 5.65 Å². The van der Waals surface area contributed by atoms with E-state index in [1.54, 1.807) is 10.5 Å². The van der Waals surface area contributed by atoms with E-state index >= 15 is 0 Å². The predicted octanol–water partition coefficient (Wildman–Crippen LogP) is 1.22. The Morgan fingerprint density at radius 2 is 2.30 bits per heavy atom. The quantitative estimate of drug-likeness (QED) is 0.825. The molecule has 2 aromatic rings. The molecule has 20 heavy (non-hydrogen) atoms. The molecule has 1 aliphatic heterocycles. The molecule has 0 amide bonds. The Bertz CT molecular complexity index is 680. The van der Waals surface area contributed by atoms with Gasteiger partial charge in [-0.05, 0) is 25.5 Å². The number of ether oxygens (including phenoxy) is 1. The van der Waals surface area contributed by atoms with Crippen LogP contribution in [0.25, 0.3) is 5.65 Å². The second kappa shape index (κ2) is 5.34. The summed E-state index contributed by atoms with van der Waals surface area (Å²) in [6.07, 6.45) is 2.07. The maximum Gasteiger partial charge on any atom is 0.258 e. The second-order valence-corrected chi connectivity index (χ2v) is 5.44. The third-order valence-corrected chi connectivity index (χ3v) is 3.57. The van der Waals surface area contributed by atoms with E-state index in [1.165, 1.54) is 0 Å². The van der Waals surface area contributed by atoms with E-state index < -0.39 is 0 Å². The van der Waals surface area contributed by atoms with Crippen LogP contribution in [0.5, 0.6) is 0 Å². The summed E-state index contributed by atoms with van der Waals surface area (Å²) in [5.41, 5.74) is 2.57. The first-order valence-corrected chi connectivity index (χ1v) is 6.95. The number of hydrogen-bond acceptors (Lipinski definition) is 4. The van der Waals surface area contributed by atoms with Crippen LogP contribution in [0.3, 0.4) is 0 Å². The molecule has 0 N–H and O–H groups in total. The van der Waals surface area contributed by atoms with Gasteiger partial charge in [-0.2, -0.15) is 0 Å². The summed E-state index contributed by atoms with van der Waals surface area (Å²) >= 11 is 0. The monoisotopic (exact) mass is 273 g/mol. The van der Waals surface area contributed by atoms with Crippen LogP contribution in [-0.2, 0) is 11.3 Å². The zero-order valence-corrected chi connectivity index (χ0v) is 11.9. The van der Waals surface area contributed by atoms with Gasteiger partial charge >= 0.3 is 0 Å². The van der Waals surface area contributed by atoms with Crippen LogP contribution < -0.4 is 5.56 Å². The molecule has 0 unspecified atom stereocenters. The number of morpholine rings is 1. The van der Waals surface area contributed by atoms with Crippen molar-refractivity contribution in [3.05, 3.63) is 46.0 Å². The van der Waals surface area contributed by atoms with Crippen molar-refractivity contribution in [1.29, 1.82) is 0 Å². The van der Waals surface area contributed by atoms with E-state index in [0.29, 0.717) is 12.2 Å². The highest BCUT2D eigenvalue weighted by molar-refractivity contribution is 5.39. The van der Waals surface area contributed by atoms with Crippen LogP contribution in [0.4, 0.5) is 0 Å². The van der Waals surface area contributed by atoms with E-state index in [4.69, 9.17) is 4.74 Å². The van der Waals surface area contributed by atoms with E-state index in [0.717, 1.165) is 31.0 Å². The number of nitrogens with zero attached hydrogens (tertiary/aromatic N) is 3. The molecule has 0 radical (unpaired) electrons. The molecule has 0 saturated carbocycles. The van der Waals surface area contributed by atoms with Gasteiger partial charge in [-0.1, -0.05) is 6.07 Å². The molecule has 5 heteroatoms. The summed E-state index contributed by atoms with van der Waals surface area (Å²) in [5.74, 6) is 0. The average Bonchev–Trinajstić information content (AvgIpc) is 2.40. The first kappa shape index (κ1) is 13.3. The minimum Gasteiger partial charge on any atom is -0.376 e. The molecule has 5 nitrogen and oxygen atoms in total. The summed E-state index contributed by atoms with van der Waals surface area (Å²) < 4.78 is 7.12. The van der Waals surface area contributed by atoms with Crippen LogP contribution in [-0.4, -0.2) is 40.1 Å². The molecule has 1 fully saturated rings. The Morgan fingerprint density at radius 3 is 3.10 bits per heavy atom. The van der Waals surface area contributed by atoms with Gasteiger partial charge in [-0.15, -0.1) is 0 Å². The highest BCUT2D eigenvalue weighted by atomic mass is 16.5. The smallest absolute Gasteiger partial charge is 0.258 e. The maximum absolute atomic E-state index is 12.1. The Morgan fingerprint density at radius 1 is 1.45 bits per heavy atom. The fraction of sp³-hybridized carbons (Fsp3) is 0.467. The average molecular weight is 273 g/mol. The molecule has 0 aromatic carbocycles. The fourth-order valence-electron chi connectivity index (χ4n) is 2.60. The van der Waals surface area contributed by atoms with Crippen molar-refractivity contribution in [3.63, 3.8) is 0 Å². The third-order valence-electron chi connectivity index (χ3n) is 3.57. The van der Waals surface area contributed by atoms with Gasteiger partial charge in [0, 0.05) is 31.9 Å². The van der Waals surface area contributed by atoms with Crippen LogP contribution in [0, 0.1) is 6.92 Å². The number of rotatable bonds is 2. The molecule has 0 aliphatic carbocycles. The normalized spacial score (nSPS) is 20.4. The Balaban J connectivity index is 1.89. The number of hydrogen-bond donors (Lipinski definition) is 0. The maximum atomic E-state index is 12.1. The molecule has 0 bridgehead atoms. The lowest BCUT2D eigenvalue weighted by Crippen LogP contribution is -2.40. The van der Waals surface area contributed by atoms with Gasteiger partial charge in [0.25, 0.3) is 5.56 Å². The molecular formula is C15H19N3O2. The SMILES string of the molecule is Cc1ccc2nc(CN3CCO[C@@H](C)C3)cc(=O)n2c1. The molecule has 1 saturated heterocycles. The van der Waals surface area contributed by atoms with Gasteiger partial charge < -0.3 is 4.74 Å². The van der Waals surface area contributed by atoms with Crippen molar-refractivity contribution in [2.24, 2.45) is 0 Å². The van der Waals surface area contributed by atoms with Crippen molar-refractivity contribution in [2.45, 2.75) is 26.5 Å². The lowest BCUT2D eigenvalue weighted by Gasteiger charge is -2.30. The van der Waals surface area contributed by atoms with Crippen molar-refractivity contribution < 1.29 is 4.74 Å². The highest BCUT2D eigenvalue weighted by Crippen LogP contribution is 2.09. The molecule has 106 valence electrons. The van der Waals surface area contributed by atoms with Gasteiger partial charge in [0.05, 0.1) is 18.4 Å². The predicted molar refractivity (Wildman–Crippen MR) is 76.9 cm³/mol. The Hall–Kier alpha value is -1.72. The third kappa shape index (κ3) is 2.73. The topological polar surface area (TPSA) is 46.8 Å². The van der Waals surface area contributed by atoms with Crippen LogP contribution in [0.1, 0.15) is 18.2 Å². The molecule has 3 rings (SSSR count). The minimum atomic E-state index is -0.0185. The van der Waals surface area contributed by atoms with Crippen molar-refractivity contribution in [3.8, 4) is 0 Å². The zero-order chi connectivity index (χ0) is 14.1. The van der Waals surface area contributed by atoms with Crippen molar-refractivity contribution >= 4 is 5.65 Å². The lowest BCUT2D eigenvalue weighted by molar-refractivity contribution is -0.0215. The summed E-state index contributed by atoms with van der Waals surface area (Å²) in [7, 11) is 0. The van der Waals surface area contributed by atoms with E-state index in [9.17, 15) is 4.79 Å². The van der Waals surface area contributed by atoms with Crippen LogP contribution >= 0.6 is 0 Å². The lowest BCUT2D eigenvalue weighted by atomic mass is 10.2. The Labute approximate surface area is 117 Å². The molecule has 0 spiro atoms. The standard InChI is InChI=1S/C15H19N3O2/c1-11-3-4-14-16-13(7-15(19)18(14)8-11)10-17-5-6-20-12(2)9-17/h3-4,7-8,12H,5-6,9-10H2,1-2H3/t12-/m0/s1. The van der Waals surface area contributed by atoms with E-state index in [2.05, 4.69) is 16.8 Å². The van der Waals surface area contributed by atoms with Crippen molar-refractivity contribution in [1.82, 2.24) is 14.3 Å². The zero-order valence-electron chi connectivity index (χ0n) is 11.9. The number of fused-ring (bicyclic) bond motifs is 1. The second-order valence-electron chi connectivity index (χ2n) is 5.44. The molecule has 1 atom stereocenters. The molecule has 1 aliphatic rings. The number of pyridine rings is 1. The molecular weight excluding hydrogens is 254 g/mol. The first-order chi connectivity index (χ1) is 9.61. The minimum absolute atomic E-state index is 0.0185. The summed E-state index contributed by atoms with van der Waals surface area (Å²) in [4.78, 5) is 19.0.